The molecule has 0 spiro atoms. The van der Waals surface area contributed by atoms with Crippen molar-refractivity contribution in [3.63, 3.8) is 0 Å². The second-order valence-corrected chi connectivity index (χ2v) is 6.20. The molecule has 1 aromatic carbocycles. The number of likely N-dealkylation sites (tertiary alicyclic amines) is 1. The Morgan fingerprint density at radius 1 is 1.25 bits per heavy atom. The van der Waals surface area contributed by atoms with E-state index in [-0.39, 0.29) is 0 Å². The van der Waals surface area contributed by atoms with Crippen LogP contribution in [0.4, 0.5) is 0 Å². The minimum atomic E-state index is 0.815. The minimum Gasteiger partial charge on any atom is -0.346 e. The number of aromatic nitrogens is 1. The van der Waals surface area contributed by atoms with Gasteiger partial charge in [-0.15, -0.1) is 0 Å². The largest absolute Gasteiger partial charge is 0.346 e. The van der Waals surface area contributed by atoms with Crippen LogP contribution in [0.3, 0.4) is 0 Å². The molecule has 1 unspecified atom stereocenters. The lowest BCUT2D eigenvalue weighted by atomic mass is 10.1. The summed E-state index contributed by atoms with van der Waals surface area (Å²) in [4.78, 5) is 2.43. The fraction of sp³-hybridized carbons (Fsp3) is 0.529. The maximum Gasteiger partial charge on any atom is 0.0483 e. The molecule has 0 aliphatic carbocycles. The minimum absolute atomic E-state index is 0.815. The van der Waals surface area contributed by atoms with Crippen molar-refractivity contribution in [3.8, 4) is 0 Å². The molecule has 3 nitrogen and oxygen atoms in total. The molecule has 0 saturated carbocycles. The van der Waals surface area contributed by atoms with Crippen LogP contribution in [-0.2, 0) is 13.6 Å². The molecule has 1 N–H and O–H groups in total. The first-order valence-electron chi connectivity index (χ1n) is 7.59. The zero-order valence-electron chi connectivity index (χ0n) is 12.8. The molecular formula is C17H25N3. The Bertz CT molecular complexity index is 561. The van der Waals surface area contributed by atoms with E-state index in [1.165, 1.54) is 41.7 Å². The van der Waals surface area contributed by atoms with Gasteiger partial charge < -0.3 is 14.8 Å². The maximum absolute atomic E-state index is 3.66. The molecule has 1 aliphatic rings. The summed E-state index contributed by atoms with van der Waals surface area (Å²) >= 11 is 0. The highest BCUT2D eigenvalue weighted by Crippen LogP contribution is 2.24. The van der Waals surface area contributed by atoms with Crippen LogP contribution in [0.2, 0.25) is 0 Å². The SMILES string of the molecule is Cc1c(CNCC2CCN(C)C2)n(C)c2ccccc12. The zero-order chi connectivity index (χ0) is 14.1. The van der Waals surface area contributed by atoms with Crippen molar-refractivity contribution in [2.24, 2.45) is 13.0 Å². The third-order valence-electron chi connectivity index (χ3n) is 4.72. The molecule has 1 atom stereocenters. The molecule has 1 saturated heterocycles. The van der Waals surface area contributed by atoms with Gasteiger partial charge in [-0.2, -0.15) is 0 Å². The molecular weight excluding hydrogens is 246 g/mol. The van der Waals surface area contributed by atoms with Gasteiger partial charge in [0.2, 0.25) is 0 Å². The highest BCUT2D eigenvalue weighted by atomic mass is 15.1. The number of nitrogens with zero attached hydrogens (tertiary/aromatic N) is 2. The van der Waals surface area contributed by atoms with Crippen molar-refractivity contribution in [2.75, 3.05) is 26.7 Å². The average molecular weight is 271 g/mol. The number of hydrogen-bond acceptors (Lipinski definition) is 2. The Kier molecular flexibility index (Phi) is 3.81. The fourth-order valence-electron chi connectivity index (χ4n) is 3.47. The number of rotatable bonds is 4. The molecule has 0 amide bonds. The molecule has 1 aromatic heterocycles. The summed E-state index contributed by atoms with van der Waals surface area (Å²) in [7, 11) is 4.39. The van der Waals surface area contributed by atoms with Crippen LogP contribution in [0.25, 0.3) is 10.9 Å². The van der Waals surface area contributed by atoms with Crippen LogP contribution in [-0.4, -0.2) is 36.1 Å². The van der Waals surface area contributed by atoms with E-state index in [4.69, 9.17) is 0 Å². The second-order valence-electron chi connectivity index (χ2n) is 6.20. The molecule has 20 heavy (non-hydrogen) atoms. The van der Waals surface area contributed by atoms with Crippen LogP contribution in [0.1, 0.15) is 17.7 Å². The van der Waals surface area contributed by atoms with Gasteiger partial charge in [-0.05, 0) is 51.0 Å². The first-order chi connectivity index (χ1) is 9.66. The molecule has 0 radical (unpaired) electrons. The molecule has 0 bridgehead atoms. The topological polar surface area (TPSA) is 20.2 Å². The van der Waals surface area contributed by atoms with Crippen molar-refractivity contribution in [3.05, 3.63) is 35.5 Å². The van der Waals surface area contributed by atoms with Gasteiger partial charge in [0.25, 0.3) is 0 Å². The lowest BCUT2D eigenvalue weighted by Gasteiger charge is -2.13. The van der Waals surface area contributed by atoms with Crippen molar-refractivity contribution in [1.82, 2.24) is 14.8 Å². The van der Waals surface area contributed by atoms with Gasteiger partial charge in [-0.1, -0.05) is 18.2 Å². The summed E-state index contributed by atoms with van der Waals surface area (Å²) in [5, 5.41) is 5.04. The standard InChI is InChI=1S/C17H25N3/c1-13-15-6-4-5-7-16(15)20(3)17(13)11-18-10-14-8-9-19(2)12-14/h4-7,14,18H,8-12H2,1-3H3. The third kappa shape index (κ3) is 2.48. The fourth-order valence-corrected chi connectivity index (χ4v) is 3.47. The smallest absolute Gasteiger partial charge is 0.0483 e. The summed E-state index contributed by atoms with van der Waals surface area (Å²) in [5.74, 6) is 0.815. The Balaban J connectivity index is 1.68. The van der Waals surface area contributed by atoms with Crippen molar-refractivity contribution >= 4 is 10.9 Å². The van der Waals surface area contributed by atoms with Gasteiger partial charge in [0.1, 0.15) is 0 Å². The first-order valence-corrected chi connectivity index (χ1v) is 7.59. The van der Waals surface area contributed by atoms with Crippen LogP contribution in [0, 0.1) is 12.8 Å². The number of para-hydroxylation sites is 1. The van der Waals surface area contributed by atoms with Crippen LogP contribution < -0.4 is 5.32 Å². The lowest BCUT2D eigenvalue weighted by molar-refractivity contribution is 0.387. The van der Waals surface area contributed by atoms with Crippen molar-refractivity contribution < 1.29 is 0 Å². The number of fused-ring (bicyclic) bond motifs is 1. The molecule has 3 heteroatoms. The summed E-state index contributed by atoms with van der Waals surface area (Å²) in [6, 6.07) is 8.67. The Labute approximate surface area is 121 Å². The van der Waals surface area contributed by atoms with Gasteiger partial charge in [0, 0.05) is 36.7 Å². The molecule has 3 rings (SSSR count). The summed E-state index contributed by atoms with van der Waals surface area (Å²) in [5.41, 5.74) is 4.17. The second kappa shape index (κ2) is 5.58. The summed E-state index contributed by atoms with van der Waals surface area (Å²) in [6.45, 7) is 6.83. The van der Waals surface area contributed by atoms with Gasteiger partial charge in [0.15, 0.2) is 0 Å². The van der Waals surface area contributed by atoms with Gasteiger partial charge in [-0.25, -0.2) is 0 Å². The Hall–Kier alpha value is -1.32. The zero-order valence-corrected chi connectivity index (χ0v) is 12.8. The monoisotopic (exact) mass is 271 g/mol. The number of benzene rings is 1. The number of nitrogens with one attached hydrogen (secondary N) is 1. The molecule has 1 aliphatic heterocycles. The predicted molar refractivity (Wildman–Crippen MR) is 85.0 cm³/mol. The summed E-state index contributed by atoms with van der Waals surface area (Å²) in [6.07, 6.45) is 1.33. The van der Waals surface area contributed by atoms with E-state index in [1.54, 1.807) is 0 Å². The van der Waals surface area contributed by atoms with E-state index in [2.05, 4.69) is 60.1 Å². The van der Waals surface area contributed by atoms with Gasteiger partial charge in [-0.3, -0.25) is 0 Å². The van der Waals surface area contributed by atoms with E-state index in [0.717, 1.165) is 19.0 Å². The van der Waals surface area contributed by atoms with Gasteiger partial charge >= 0.3 is 0 Å². The number of hydrogen-bond donors (Lipinski definition) is 1. The van der Waals surface area contributed by atoms with Crippen LogP contribution >= 0.6 is 0 Å². The van der Waals surface area contributed by atoms with Crippen LogP contribution in [0.5, 0.6) is 0 Å². The third-order valence-corrected chi connectivity index (χ3v) is 4.72. The van der Waals surface area contributed by atoms with E-state index >= 15 is 0 Å². The van der Waals surface area contributed by atoms with Gasteiger partial charge in [0.05, 0.1) is 0 Å². The lowest BCUT2D eigenvalue weighted by Crippen LogP contribution is -2.25. The van der Waals surface area contributed by atoms with Crippen molar-refractivity contribution in [2.45, 2.75) is 19.9 Å². The highest BCUT2D eigenvalue weighted by molar-refractivity contribution is 5.85. The normalized spacial score (nSPS) is 20.1. The highest BCUT2D eigenvalue weighted by Gasteiger charge is 2.19. The summed E-state index contributed by atoms with van der Waals surface area (Å²) < 4.78 is 2.33. The number of aryl methyl sites for hydroxylation is 2. The first kappa shape index (κ1) is 13.7. The predicted octanol–water partition coefficient (Wildman–Crippen LogP) is 2.53. The average Bonchev–Trinajstić information content (AvgIpc) is 2.97. The molecule has 108 valence electrons. The quantitative estimate of drug-likeness (QED) is 0.922. The Morgan fingerprint density at radius 2 is 2.05 bits per heavy atom. The van der Waals surface area contributed by atoms with Crippen LogP contribution in [0.15, 0.2) is 24.3 Å². The Morgan fingerprint density at radius 3 is 2.75 bits per heavy atom. The van der Waals surface area contributed by atoms with E-state index in [0.29, 0.717) is 0 Å². The van der Waals surface area contributed by atoms with E-state index in [9.17, 15) is 0 Å². The molecule has 2 heterocycles. The maximum atomic E-state index is 3.66. The molecule has 2 aromatic rings. The van der Waals surface area contributed by atoms with E-state index < -0.39 is 0 Å². The van der Waals surface area contributed by atoms with Crippen molar-refractivity contribution in [1.29, 1.82) is 0 Å². The molecule has 1 fully saturated rings. The van der Waals surface area contributed by atoms with E-state index in [1.807, 2.05) is 0 Å².